The summed E-state index contributed by atoms with van der Waals surface area (Å²) in [6.45, 7) is 6.39. The molecule has 0 bridgehead atoms. The Morgan fingerprint density at radius 1 is 0.889 bits per heavy atom. The van der Waals surface area contributed by atoms with Gasteiger partial charge in [-0.2, -0.15) is 13.9 Å². The van der Waals surface area contributed by atoms with Crippen molar-refractivity contribution in [2.45, 2.75) is 24.0 Å². The molecule has 1 aromatic heterocycles. The molecule has 1 aromatic carbocycles. The number of aromatic nitrogens is 1. The first-order valence-corrected chi connectivity index (χ1v) is 15.0. The number of benzene rings is 1. The summed E-state index contributed by atoms with van der Waals surface area (Å²) < 4.78 is 54.0. The van der Waals surface area contributed by atoms with E-state index in [1.54, 1.807) is 32.0 Å². The minimum Gasteiger partial charge on any atom is -0.368 e. The van der Waals surface area contributed by atoms with Gasteiger partial charge in [-0.15, -0.1) is 0 Å². The van der Waals surface area contributed by atoms with Crippen LogP contribution in [0.2, 0.25) is 5.02 Å². The molecular formula is C23H29ClN6O4S2. The van der Waals surface area contributed by atoms with Crippen LogP contribution in [0.5, 0.6) is 0 Å². The minimum atomic E-state index is -3.86. The number of halogens is 1. The molecule has 13 heteroatoms. The molecule has 0 amide bonds. The van der Waals surface area contributed by atoms with Crippen LogP contribution < -0.4 is 9.80 Å². The Balaban J connectivity index is 1.42. The molecule has 0 saturated carbocycles. The lowest BCUT2D eigenvalue weighted by atomic mass is 10.2. The fourth-order valence-electron chi connectivity index (χ4n) is 4.35. The molecule has 4 rings (SSSR count). The van der Waals surface area contributed by atoms with E-state index in [0.29, 0.717) is 31.9 Å². The summed E-state index contributed by atoms with van der Waals surface area (Å²) in [7, 11) is -7.29. The molecule has 0 unspecified atom stereocenters. The second kappa shape index (κ2) is 10.5. The molecule has 0 radical (unpaired) electrons. The summed E-state index contributed by atoms with van der Waals surface area (Å²) in [6.07, 6.45) is 0. The van der Waals surface area contributed by atoms with Gasteiger partial charge in [0, 0.05) is 58.0 Å². The second-order valence-electron chi connectivity index (χ2n) is 8.98. The monoisotopic (exact) mass is 552 g/mol. The van der Waals surface area contributed by atoms with Crippen molar-refractivity contribution in [1.82, 2.24) is 13.6 Å². The van der Waals surface area contributed by atoms with E-state index in [0.717, 1.165) is 11.5 Å². The molecule has 36 heavy (non-hydrogen) atoms. The van der Waals surface area contributed by atoms with Gasteiger partial charge in [0.25, 0.3) is 0 Å². The molecule has 10 nitrogen and oxygen atoms in total. The highest BCUT2D eigenvalue weighted by atomic mass is 35.5. The molecule has 0 N–H and O–H groups in total. The normalized spacial score (nSPS) is 18.4. The van der Waals surface area contributed by atoms with E-state index < -0.39 is 25.3 Å². The Morgan fingerprint density at radius 3 is 2.08 bits per heavy atom. The molecule has 2 fully saturated rings. The molecule has 2 aliphatic rings. The molecule has 2 saturated heterocycles. The Bertz CT molecular complexity index is 1360. The van der Waals surface area contributed by atoms with Gasteiger partial charge in [0.05, 0.1) is 10.3 Å². The average Bonchev–Trinajstić information content (AvgIpc) is 2.88. The number of hydrogen-bond acceptors (Lipinski definition) is 8. The van der Waals surface area contributed by atoms with E-state index in [1.807, 2.05) is 12.1 Å². The molecule has 0 spiro atoms. The van der Waals surface area contributed by atoms with Gasteiger partial charge in [-0.05, 0) is 44.2 Å². The Labute approximate surface area is 217 Å². The highest BCUT2D eigenvalue weighted by Crippen LogP contribution is 2.31. The quantitative estimate of drug-likeness (QED) is 0.534. The maximum Gasteiger partial charge on any atom is 0.244 e. The Kier molecular flexibility index (Phi) is 7.78. The van der Waals surface area contributed by atoms with Crippen molar-refractivity contribution < 1.29 is 16.8 Å². The highest BCUT2D eigenvalue weighted by molar-refractivity contribution is 7.90. The zero-order chi connectivity index (χ0) is 26.1. The molecule has 0 atom stereocenters. The number of nitriles is 1. The summed E-state index contributed by atoms with van der Waals surface area (Å²) in [6, 6.07) is 12.4. The first-order valence-electron chi connectivity index (χ1n) is 11.7. The van der Waals surface area contributed by atoms with E-state index in [2.05, 4.69) is 20.9 Å². The average molecular weight is 553 g/mol. The minimum absolute atomic E-state index is 0.0178. The molecule has 194 valence electrons. The van der Waals surface area contributed by atoms with Crippen LogP contribution in [-0.2, 0) is 20.0 Å². The van der Waals surface area contributed by atoms with E-state index in [-0.39, 0.29) is 36.1 Å². The van der Waals surface area contributed by atoms with Crippen LogP contribution in [0.1, 0.15) is 19.5 Å². The van der Waals surface area contributed by atoms with Crippen molar-refractivity contribution in [3.8, 4) is 6.07 Å². The summed E-state index contributed by atoms with van der Waals surface area (Å²) in [5, 5.41) is 8.66. The van der Waals surface area contributed by atoms with Gasteiger partial charge in [-0.1, -0.05) is 17.7 Å². The lowest BCUT2D eigenvalue weighted by Crippen LogP contribution is -2.51. The zero-order valence-corrected chi connectivity index (χ0v) is 22.6. The third-order valence-corrected chi connectivity index (χ3v) is 11.2. The van der Waals surface area contributed by atoms with Crippen molar-refractivity contribution in [1.29, 1.82) is 5.26 Å². The van der Waals surface area contributed by atoms with Gasteiger partial charge in [0.15, 0.2) is 0 Å². The number of nitrogens with zero attached hydrogens (tertiary/aromatic N) is 6. The number of anilines is 2. The van der Waals surface area contributed by atoms with Crippen LogP contribution in [0.4, 0.5) is 11.5 Å². The largest absolute Gasteiger partial charge is 0.368 e. The maximum absolute atomic E-state index is 13.3. The molecule has 2 aliphatic heterocycles. The Morgan fingerprint density at radius 2 is 1.50 bits per heavy atom. The summed E-state index contributed by atoms with van der Waals surface area (Å²) in [4.78, 5) is 8.61. The predicted molar refractivity (Wildman–Crippen MR) is 139 cm³/mol. The zero-order valence-electron chi connectivity index (χ0n) is 20.2. The van der Waals surface area contributed by atoms with Gasteiger partial charge >= 0.3 is 0 Å². The summed E-state index contributed by atoms with van der Waals surface area (Å²) in [5.74, 6) is 0.759. The second-order valence-corrected chi connectivity index (χ2v) is 13.8. The lowest BCUT2D eigenvalue weighted by molar-refractivity contribution is 0.271. The Hall–Kier alpha value is -2.43. The van der Waals surface area contributed by atoms with E-state index in [1.165, 1.54) is 14.7 Å². The molecule has 3 heterocycles. The first kappa shape index (κ1) is 26.6. The van der Waals surface area contributed by atoms with Gasteiger partial charge < -0.3 is 9.80 Å². The van der Waals surface area contributed by atoms with Crippen molar-refractivity contribution in [2.24, 2.45) is 0 Å². The topological polar surface area (TPSA) is 118 Å². The van der Waals surface area contributed by atoms with E-state index in [9.17, 15) is 16.8 Å². The van der Waals surface area contributed by atoms with Crippen molar-refractivity contribution >= 4 is 43.2 Å². The fourth-order valence-corrected chi connectivity index (χ4v) is 7.56. The number of pyridine rings is 1. The van der Waals surface area contributed by atoms with Crippen LogP contribution in [0, 0.1) is 11.3 Å². The fraction of sp³-hybridized carbons (Fsp3) is 0.478. The molecule has 0 aliphatic carbocycles. The summed E-state index contributed by atoms with van der Waals surface area (Å²) in [5.41, 5.74) is 1.20. The first-order chi connectivity index (χ1) is 17.0. The number of hydrogen-bond donors (Lipinski definition) is 0. The number of piperazine rings is 2. The van der Waals surface area contributed by atoms with Gasteiger partial charge in [0.2, 0.25) is 20.0 Å². The maximum atomic E-state index is 13.3. The van der Waals surface area contributed by atoms with Crippen LogP contribution in [-0.4, -0.2) is 88.0 Å². The van der Waals surface area contributed by atoms with E-state index >= 15 is 0 Å². The van der Waals surface area contributed by atoms with Crippen LogP contribution in [0.25, 0.3) is 0 Å². The van der Waals surface area contributed by atoms with Crippen LogP contribution in [0.15, 0.2) is 41.3 Å². The van der Waals surface area contributed by atoms with Gasteiger partial charge in [-0.3, -0.25) is 0 Å². The number of sulfonamides is 2. The standard InChI is InChI=1S/C23H29ClN6O4S2/c1-18(2)35(31,32)29-12-14-30(15-13-29)36(33,34)22-7-6-20(16-21(22)24)27-8-10-28(11-9-27)23-5-3-4-19(17-25)26-23/h3-7,16,18H,8-15H2,1-2H3. The number of rotatable bonds is 6. The molecular weight excluding hydrogens is 524 g/mol. The van der Waals surface area contributed by atoms with Crippen molar-refractivity contribution in [2.75, 3.05) is 62.2 Å². The van der Waals surface area contributed by atoms with Gasteiger partial charge in [0.1, 0.15) is 22.5 Å². The lowest BCUT2D eigenvalue weighted by Gasteiger charge is -2.37. The van der Waals surface area contributed by atoms with Crippen LogP contribution in [0.3, 0.4) is 0 Å². The molecule has 2 aromatic rings. The van der Waals surface area contributed by atoms with Crippen molar-refractivity contribution in [3.63, 3.8) is 0 Å². The predicted octanol–water partition coefficient (Wildman–Crippen LogP) is 1.98. The smallest absolute Gasteiger partial charge is 0.244 e. The van der Waals surface area contributed by atoms with Crippen LogP contribution >= 0.6 is 11.6 Å². The third kappa shape index (κ3) is 5.31. The van der Waals surface area contributed by atoms with E-state index in [4.69, 9.17) is 16.9 Å². The van der Waals surface area contributed by atoms with Crippen molar-refractivity contribution in [3.05, 3.63) is 47.1 Å². The van der Waals surface area contributed by atoms with Gasteiger partial charge in [-0.25, -0.2) is 21.8 Å². The highest BCUT2D eigenvalue weighted by Gasteiger charge is 2.35. The summed E-state index contributed by atoms with van der Waals surface area (Å²) >= 11 is 6.46. The SMILES string of the molecule is CC(C)S(=O)(=O)N1CCN(S(=O)(=O)c2ccc(N3CCN(c4cccc(C#N)n4)CC3)cc2Cl)CC1. The third-order valence-electron chi connectivity index (χ3n) is 6.50.